The quantitative estimate of drug-likeness (QED) is 0.888. The van der Waals surface area contributed by atoms with Crippen LogP contribution in [0, 0.1) is 5.82 Å². The molecule has 2 aromatic rings. The van der Waals surface area contributed by atoms with E-state index in [1.807, 2.05) is 0 Å². The molecule has 1 heterocycles. The van der Waals surface area contributed by atoms with Gasteiger partial charge in [-0.3, -0.25) is 0 Å². The van der Waals surface area contributed by atoms with Gasteiger partial charge in [-0.25, -0.2) is 4.39 Å². The van der Waals surface area contributed by atoms with Gasteiger partial charge in [-0.05, 0) is 18.2 Å². The van der Waals surface area contributed by atoms with Crippen LogP contribution in [-0.4, -0.2) is 6.61 Å². The van der Waals surface area contributed by atoms with Gasteiger partial charge in [0.25, 0.3) is 0 Å². The predicted octanol–water partition coefficient (Wildman–Crippen LogP) is 3.63. The van der Waals surface area contributed by atoms with Crippen LogP contribution in [-0.2, 0) is 6.54 Å². The van der Waals surface area contributed by atoms with Crippen LogP contribution in [0.2, 0.25) is 0 Å². The first-order chi connectivity index (χ1) is 8.65. The fourth-order valence-electron chi connectivity index (χ4n) is 1.40. The van der Waals surface area contributed by atoms with Gasteiger partial charge in [0.05, 0.1) is 12.5 Å². The minimum absolute atomic E-state index is 0.449. The van der Waals surface area contributed by atoms with Gasteiger partial charge in [0.1, 0.15) is 0 Å². The number of halogens is 3. The Morgan fingerprint density at radius 3 is 2.72 bits per heavy atom. The zero-order valence-corrected chi connectivity index (χ0v) is 9.20. The fraction of sp³-hybridized carbons (Fsp3) is 0.167. The number of nitrogens with one attached hydrogen (secondary N) is 1. The maximum absolute atomic E-state index is 13.4. The summed E-state index contributed by atoms with van der Waals surface area (Å²) in [6, 6.07) is 5.47. The van der Waals surface area contributed by atoms with Gasteiger partial charge in [0, 0.05) is 23.9 Å². The number of rotatable bonds is 5. The molecule has 0 radical (unpaired) electrons. The predicted molar refractivity (Wildman–Crippen MR) is 59.1 cm³/mol. The first kappa shape index (κ1) is 12.3. The van der Waals surface area contributed by atoms with E-state index in [4.69, 9.17) is 4.42 Å². The molecular formula is C12H10F3NO2. The summed E-state index contributed by atoms with van der Waals surface area (Å²) in [7, 11) is 0. The number of anilines is 1. The Labute approximate surface area is 101 Å². The third kappa shape index (κ3) is 3.19. The maximum Gasteiger partial charge on any atom is 0.387 e. The molecule has 2 rings (SSSR count). The van der Waals surface area contributed by atoms with Crippen molar-refractivity contribution in [2.75, 3.05) is 5.32 Å². The van der Waals surface area contributed by atoms with Crippen LogP contribution in [0.15, 0.2) is 41.2 Å². The van der Waals surface area contributed by atoms with E-state index in [1.165, 1.54) is 12.3 Å². The number of furan rings is 1. The van der Waals surface area contributed by atoms with Crippen molar-refractivity contribution in [2.24, 2.45) is 0 Å². The first-order valence-corrected chi connectivity index (χ1v) is 5.14. The van der Waals surface area contributed by atoms with Gasteiger partial charge in [-0.15, -0.1) is 0 Å². The minimum Gasteiger partial charge on any atom is -0.472 e. The van der Waals surface area contributed by atoms with Gasteiger partial charge in [0.15, 0.2) is 11.6 Å². The zero-order valence-electron chi connectivity index (χ0n) is 9.20. The van der Waals surface area contributed by atoms with Crippen molar-refractivity contribution in [1.82, 2.24) is 0 Å². The molecular weight excluding hydrogens is 247 g/mol. The highest BCUT2D eigenvalue weighted by atomic mass is 19.3. The summed E-state index contributed by atoms with van der Waals surface area (Å²) >= 11 is 0. The molecule has 3 nitrogen and oxygen atoms in total. The molecule has 0 bridgehead atoms. The Hall–Kier alpha value is -2.11. The van der Waals surface area contributed by atoms with Crippen LogP contribution >= 0.6 is 0 Å². The second-order valence-corrected chi connectivity index (χ2v) is 3.51. The highest BCUT2D eigenvalue weighted by Gasteiger charge is 2.10. The molecule has 0 unspecified atom stereocenters. The summed E-state index contributed by atoms with van der Waals surface area (Å²) in [4.78, 5) is 0. The highest BCUT2D eigenvalue weighted by molar-refractivity contribution is 5.47. The van der Waals surface area contributed by atoms with Gasteiger partial charge in [0.2, 0.25) is 0 Å². The molecule has 0 fully saturated rings. The number of benzene rings is 1. The summed E-state index contributed by atoms with van der Waals surface area (Å²) in [5.41, 5.74) is 1.36. The van der Waals surface area contributed by atoms with Crippen LogP contribution in [0.4, 0.5) is 18.9 Å². The molecule has 6 heteroatoms. The summed E-state index contributed by atoms with van der Waals surface area (Å²) in [6.45, 7) is -2.59. The zero-order chi connectivity index (χ0) is 13.0. The Kier molecular flexibility index (Phi) is 3.76. The van der Waals surface area contributed by atoms with Crippen molar-refractivity contribution in [1.29, 1.82) is 0 Å². The van der Waals surface area contributed by atoms with Crippen molar-refractivity contribution in [2.45, 2.75) is 13.2 Å². The summed E-state index contributed by atoms with van der Waals surface area (Å²) in [5.74, 6) is -1.31. The van der Waals surface area contributed by atoms with Crippen molar-refractivity contribution < 1.29 is 22.3 Å². The number of hydrogen-bond donors (Lipinski definition) is 1. The maximum atomic E-state index is 13.4. The molecule has 0 spiro atoms. The summed E-state index contributed by atoms with van der Waals surface area (Å²) < 4.78 is 46.1. The largest absolute Gasteiger partial charge is 0.472 e. The van der Waals surface area contributed by atoms with Crippen LogP contribution in [0.25, 0.3) is 0 Å². The molecule has 0 aliphatic heterocycles. The van der Waals surface area contributed by atoms with Crippen molar-refractivity contribution >= 4 is 5.69 Å². The lowest BCUT2D eigenvalue weighted by Crippen LogP contribution is -2.04. The lowest BCUT2D eigenvalue weighted by atomic mass is 10.2. The third-order valence-corrected chi connectivity index (χ3v) is 2.22. The summed E-state index contributed by atoms with van der Waals surface area (Å²) in [6.07, 6.45) is 3.08. The molecule has 96 valence electrons. The van der Waals surface area contributed by atoms with Crippen molar-refractivity contribution in [3.05, 3.63) is 48.2 Å². The first-order valence-electron chi connectivity index (χ1n) is 5.14. The molecule has 0 saturated carbocycles. The number of ether oxygens (including phenoxy) is 1. The summed E-state index contributed by atoms with van der Waals surface area (Å²) in [5, 5.41) is 2.93. The Morgan fingerprint density at radius 2 is 2.11 bits per heavy atom. The lowest BCUT2D eigenvalue weighted by Gasteiger charge is -2.08. The van der Waals surface area contributed by atoms with E-state index in [2.05, 4.69) is 10.1 Å². The van der Waals surface area contributed by atoms with E-state index in [0.717, 1.165) is 17.7 Å². The number of alkyl halides is 2. The van der Waals surface area contributed by atoms with Gasteiger partial charge in [-0.2, -0.15) is 8.78 Å². The standard InChI is InChI=1S/C12H10F3NO2/c13-10-5-9(1-2-11(10)18-12(14)15)16-6-8-3-4-17-7-8/h1-5,7,12,16H,6H2. The average molecular weight is 257 g/mol. The van der Waals surface area contributed by atoms with Crippen LogP contribution < -0.4 is 10.1 Å². The molecule has 1 N–H and O–H groups in total. The van der Waals surface area contributed by atoms with E-state index in [0.29, 0.717) is 12.2 Å². The van der Waals surface area contributed by atoms with Gasteiger partial charge in [-0.1, -0.05) is 0 Å². The van der Waals surface area contributed by atoms with Crippen molar-refractivity contribution in [3.63, 3.8) is 0 Å². The molecule has 1 aromatic carbocycles. The normalized spacial score (nSPS) is 10.7. The van der Waals surface area contributed by atoms with E-state index in [-0.39, 0.29) is 0 Å². The Morgan fingerprint density at radius 1 is 1.28 bits per heavy atom. The van der Waals surface area contributed by atoms with E-state index < -0.39 is 18.2 Å². The number of hydrogen-bond acceptors (Lipinski definition) is 3. The second kappa shape index (κ2) is 5.48. The minimum atomic E-state index is -3.04. The van der Waals surface area contributed by atoms with Crippen LogP contribution in [0.1, 0.15) is 5.56 Å². The fourth-order valence-corrected chi connectivity index (χ4v) is 1.40. The topological polar surface area (TPSA) is 34.4 Å². The van der Waals surface area contributed by atoms with E-state index >= 15 is 0 Å². The SMILES string of the molecule is Fc1cc(NCc2ccoc2)ccc1OC(F)F. The van der Waals surface area contributed by atoms with Crippen LogP contribution in [0.5, 0.6) is 5.75 Å². The van der Waals surface area contributed by atoms with E-state index in [9.17, 15) is 13.2 Å². The second-order valence-electron chi connectivity index (χ2n) is 3.51. The van der Waals surface area contributed by atoms with Gasteiger partial charge >= 0.3 is 6.61 Å². The molecule has 0 amide bonds. The molecule has 0 aliphatic rings. The molecule has 0 atom stereocenters. The Bertz CT molecular complexity index is 500. The monoisotopic (exact) mass is 257 g/mol. The lowest BCUT2D eigenvalue weighted by molar-refractivity contribution is -0.0521. The van der Waals surface area contributed by atoms with E-state index in [1.54, 1.807) is 12.3 Å². The van der Waals surface area contributed by atoms with Gasteiger partial charge < -0.3 is 14.5 Å². The van der Waals surface area contributed by atoms with Crippen LogP contribution in [0.3, 0.4) is 0 Å². The smallest absolute Gasteiger partial charge is 0.387 e. The average Bonchev–Trinajstić information content (AvgIpc) is 2.82. The third-order valence-electron chi connectivity index (χ3n) is 2.22. The highest BCUT2D eigenvalue weighted by Crippen LogP contribution is 2.23. The molecule has 0 saturated heterocycles. The molecule has 0 aliphatic carbocycles. The molecule has 1 aromatic heterocycles. The Balaban J connectivity index is 2.00. The van der Waals surface area contributed by atoms with Crippen molar-refractivity contribution in [3.8, 4) is 5.75 Å². The molecule has 18 heavy (non-hydrogen) atoms.